The van der Waals surface area contributed by atoms with Crippen molar-refractivity contribution in [1.29, 1.82) is 5.26 Å². The summed E-state index contributed by atoms with van der Waals surface area (Å²) < 4.78 is 19.1. The molecule has 1 fully saturated rings. The zero-order chi connectivity index (χ0) is 38.2. The highest BCUT2D eigenvalue weighted by Crippen LogP contribution is 2.44. The predicted octanol–water partition coefficient (Wildman–Crippen LogP) is 6.38. The number of hydrogen-bond acceptors (Lipinski definition) is 10. The molecule has 54 heavy (non-hydrogen) atoms. The van der Waals surface area contributed by atoms with E-state index in [0.29, 0.717) is 39.8 Å². The molecular formula is C42H47ClN4O7. The molecule has 4 aromatic rings. The van der Waals surface area contributed by atoms with E-state index in [1.54, 1.807) is 24.4 Å². The van der Waals surface area contributed by atoms with Crippen LogP contribution in [0.25, 0.3) is 11.1 Å². The molecule has 1 aliphatic carbocycles. The minimum atomic E-state index is -1.20. The molecule has 2 heterocycles. The number of piperidine rings is 1. The number of carboxylic acids is 1. The van der Waals surface area contributed by atoms with E-state index in [1.165, 1.54) is 18.7 Å². The molecule has 1 aliphatic heterocycles. The summed E-state index contributed by atoms with van der Waals surface area (Å²) in [5.74, 6) is 0.504. The van der Waals surface area contributed by atoms with Gasteiger partial charge < -0.3 is 34.4 Å². The molecule has 0 bridgehead atoms. The number of aliphatic hydroxyl groups excluding tert-OH is 2. The summed E-state index contributed by atoms with van der Waals surface area (Å²) in [6.07, 6.45) is 5.79. The molecule has 0 saturated carbocycles. The maximum Gasteiger partial charge on any atom is 0.323 e. The number of benzene rings is 3. The highest BCUT2D eigenvalue weighted by molar-refractivity contribution is 6.32. The lowest BCUT2D eigenvalue weighted by Gasteiger charge is -2.29. The lowest BCUT2D eigenvalue weighted by atomic mass is 9.93. The number of β-amino-alcohol motifs (C(OH)–C–C–N with tert-alkyl or cyclic N) is 1. The van der Waals surface area contributed by atoms with E-state index in [4.69, 9.17) is 25.8 Å². The summed E-state index contributed by atoms with van der Waals surface area (Å²) in [6, 6.07) is 18.4. The normalized spacial score (nSPS) is 18.0. The fourth-order valence-corrected chi connectivity index (χ4v) is 7.55. The number of halogens is 1. The molecule has 284 valence electrons. The van der Waals surface area contributed by atoms with E-state index in [1.807, 2.05) is 18.2 Å². The van der Waals surface area contributed by atoms with Crippen molar-refractivity contribution in [1.82, 2.24) is 15.2 Å². The maximum absolute atomic E-state index is 11.7. The first-order valence-electron chi connectivity index (χ1n) is 18.5. The zero-order valence-electron chi connectivity index (χ0n) is 30.6. The van der Waals surface area contributed by atoms with Crippen LogP contribution in [-0.4, -0.2) is 75.7 Å². The topological polar surface area (TPSA) is 157 Å². The number of carbonyl (C=O) groups is 1. The number of nitriles is 1. The maximum atomic E-state index is 11.7. The number of aliphatic hydroxyl groups is 2. The Bertz CT molecular complexity index is 1980. The summed E-state index contributed by atoms with van der Waals surface area (Å²) in [5.41, 5.74) is 7.27. The van der Waals surface area contributed by atoms with Crippen molar-refractivity contribution in [3.8, 4) is 34.4 Å². The van der Waals surface area contributed by atoms with Crippen molar-refractivity contribution < 1.29 is 34.3 Å². The van der Waals surface area contributed by atoms with E-state index in [-0.39, 0.29) is 25.4 Å². The van der Waals surface area contributed by atoms with Gasteiger partial charge in [0.2, 0.25) is 0 Å². The molecule has 3 aromatic carbocycles. The number of fused-ring (bicyclic) bond motifs is 1. The molecule has 1 saturated heterocycles. The van der Waals surface area contributed by atoms with Crippen LogP contribution < -0.4 is 19.5 Å². The Morgan fingerprint density at radius 2 is 1.91 bits per heavy atom. The van der Waals surface area contributed by atoms with Crippen LogP contribution >= 0.6 is 11.6 Å². The predicted molar refractivity (Wildman–Crippen MR) is 205 cm³/mol. The molecule has 0 amide bonds. The summed E-state index contributed by atoms with van der Waals surface area (Å²) in [5, 5.41) is 42.1. The number of nitrogens with one attached hydrogen (secondary N) is 1. The van der Waals surface area contributed by atoms with Crippen molar-refractivity contribution in [3.05, 3.63) is 105 Å². The Labute approximate surface area is 321 Å². The van der Waals surface area contributed by atoms with Crippen LogP contribution in [0.4, 0.5) is 0 Å². The molecule has 4 atom stereocenters. The first-order valence-corrected chi connectivity index (χ1v) is 18.8. The molecule has 0 radical (unpaired) electrons. The number of carboxylic acid groups (broad SMARTS) is 1. The highest BCUT2D eigenvalue weighted by Gasteiger charge is 2.29. The fraction of sp³-hybridized carbons (Fsp3) is 0.405. The lowest BCUT2D eigenvalue weighted by Crippen LogP contribution is -2.44. The van der Waals surface area contributed by atoms with Gasteiger partial charge in [0.1, 0.15) is 42.1 Å². The van der Waals surface area contributed by atoms with Crippen molar-refractivity contribution in [2.45, 2.75) is 83.5 Å². The van der Waals surface area contributed by atoms with Crippen LogP contribution in [0.5, 0.6) is 17.2 Å². The minimum Gasteiger partial charge on any atom is -0.493 e. The summed E-state index contributed by atoms with van der Waals surface area (Å²) in [4.78, 5) is 18.2. The summed E-state index contributed by atoms with van der Waals surface area (Å²) in [6.45, 7) is 6.91. The minimum absolute atomic E-state index is 0.0496. The van der Waals surface area contributed by atoms with Gasteiger partial charge in [0.25, 0.3) is 0 Å². The van der Waals surface area contributed by atoms with Crippen LogP contribution in [-0.2, 0) is 24.4 Å². The molecule has 6 rings (SSSR count). The van der Waals surface area contributed by atoms with Crippen molar-refractivity contribution >= 4 is 17.6 Å². The van der Waals surface area contributed by atoms with Gasteiger partial charge in [-0.05, 0) is 98.5 Å². The second kappa shape index (κ2) is 18.1. The van der Waals surface area contributed by atoms with E-state index in [0.717, 1.165) is 79.7 Å². The smallest absolute Gasteiger partial charge is 0.323 e. The van der Waals surface area contributed by atoms with E-state index >= 15 is 0 Å². The van der Waals surface area contributed by atoms with Crippen LogP contribution in [0.15, 0.2) is 67.0 Å². The van der Waals surface area contributed by atoms with Crippen molar-refractivity contribution in [2.75, 3.05) is 26.2 Å². The van der Waals surface area contributed by atoms with Crippen LogP contribution in [0, 0.1) is 18.3 Å². The fourth-order valence-electron chi connectivity index (χ4n) is 7.32. The van der Waals surface area contributed by atoms with Gasteiger partial charge in [0.05, 0.1) is 29.4 Å². The average Bonchev–Trinajstić information content (AvgIpc) is 3.57. The second-order valence-electron chi connectivity index (χ2n) is 14.1. The standard InChI is InChI=1S/C42H47ClN4O7/c1-26-32(8-4-11-37(26)52-16-6-15-47-14-5-7-31(49)24-47)33-9-3-10-35-34(33)12-13-38(35)54-40-19-39(53-25-29-17-28(20-44)21-45-22-29)30(18-36(40)43)23-46-41(27(2)48)42(50)51/h3-4,8-11,17-19,21-22,27,31,38,41,46,48-49H,5-7,12-16,23-25H2,1-2H3,(H,50,51)/t27-,31-,38+,41+/m1/s1. The number of hydrogen-bond donors (Lipinski definition) is 4. The van der Waals surface area contributed by atoms with Gasteiger partial charge in [-0.1, -0.05) is 41.9 Å². The molecule has 0 unspecified atom stereocenters. The molecule has 12 heteroatoms. The largest absolute Gasteiger partial charge is 0.493 e. The Balaban J connectivity index is 1.19. The van der Waals surface area contributed by atoms with Gasteiger partial charge >= 0.3 is 5.97 Å². The highest BCUT2D eigenvalue weighted by atomic mass is 35.5. The Morgan fingerprint density at radius 1 is 1.09 bits per heavy atom. The van der Waals surface area contributed by atoms with Gasteiger partial charge in [-0.2, -0.15) is 5.26 Å². The summed E-state index contributed by atoms with van der Waals surface area (Å²) >= 11 is 6.82. The molecular weight excluding hydrogens is 708 g/mol. The van der Waals surface area contributed by atoms with Crippen LogP contribution in [0.2, 0.25) is 5.02 Å². The SMILES string of the molecule is Cc1c(OCCCN2CCC[C@@H](O)C2)cccc1-c1cccc2c1CC[C@@H]2Oc1cc(OCc2cncc(C#N)c2)c(CN[C@H](C(=O)O)[C@@H](C)O)cc1Cl. The Kier molecular flexibility index (Phi) is 13.1. The van der Waals surface area contributed by atoms with Crippen LogP contribution in [0.3, 0.4) is 0 Å². The van der Waals surface area contributed by atoms with Gasteiger partial charge in [0.15, 0.2) is 0 Å². The quantitative estimate of drug-likeness (QED) is 0.0942. The molecule has 2 aliphatic rings. The van der Waals surface area contributed by atoms with Gasteiger partial charge in [0, 0.05) is 49.2 Å². The van der Waals surface area contributed by atoms with Crippen molar-refractivity contribution in [2.24, 2.45) is 0 Å². The van der Waals surface area contributed by atoms with E-state index < -0.39 is 18.1 Å². The third-order valence-corrected chi connectivity index (χ3v) is 10.4. The first kappa shape index (κ1) is 39.0. The van der Waals surface area contributed by atoms with Gasteiger partial charge in [-0.15, -0.1) is 0 Å². The van der Waals surface area contributed by atoms with Gasteiger partial charge in [-0.3, -0.25) is 15.1 Å². The molecule has 0 spiro atoms. The van der Waals surface area contributed by atoms with Crippen LogP contribution in [0.1, 0.15) is 72.1 Å². The third kappa shape index (κ3) is 9.50. The molecule has 11 nitrogen and oxygen atoms in total. The van der Waals surface area contributed by atoms with Crippen molar-refractivity contribution in [3.63, 3.8) is 0 Å². The van der Waals surface area contributed by atoms with E-state index in [2.05, 4.69) is 46.4 Å². The average molecular weight is 755 g/mol. The Hall–Kier alpha value is -4.70. The number of aromatic nitrogens is 1. The molecule has 1 aromatic heterocycles. The zero-order valence-corrected chi connectivity index (χ0v) is 31.4. The monoisotopic (exact) mass is 754 g/mol. The number of ether oxygens (including phenoxy) is 3. The summed E-state index contributed by atoms with van der Waals surface area (Å²) in [7, 11) is 0. The lowest BCUT2D eigenvalue weighted by molar-refractivity contribution is -0.142. The number of likely N-dealkylation sites (tertiary alicyclic amines) is 1. The second-order valence-corrected chi connectivity index (χ2v) is 14.5. The Morgan fingerprint density at radius 3 is 2.69 bits per heavy atom. The number of aliphatic carboxylic acids is 1. The number of nitrogens with zero attached hydrogens (tertiary/aromatic N) is 3. The first-order chi connectivity index (χ1) is 26.1. The number of pyridine rings is 1. The van der Waals surface area contributed by atoms with E-state index in [9.17, 15) is 25.4 Å². The third-order valence-electron chi connectivity index (χ3n) is 10.1. The number of rotatable bonds is 16. The molecule has 4 N–H and O–H groups in total. The van der Waals surface area contributed by atoms with Gasteiger partial charge in [-0.25, -0.2) is 0 Å².